The fraction of sp³-hybridized carbons (Fsp3) is 0.588. The van der Waals surface area contributed by atoms with Crippen LogP contribution in [0.2, 0.25) is 0 Å². The van der Waals surface area contributed by atoms with Gasteiger partial charge in [-0.05, 0) is 29.9 Å². The summed E-state index contributed by atoms with van der Waals surface area (Å²) in [6, 6.07) is 8.06. The van der Waals surface area contributed by atoms with E-state index in [0.717, 1.165) is 30.4 Å². The first-order valence-electron chi connectivity index (χ1n) is 7.67. The van der Waals surface area contributed by atoms with Crippen molar-refractivity contribution >= 4 is 5.91 Å². The lowest BCUT2D eigenvalue weighted by atomic mass is 9.76. The Labute approximate surface area is 127 Å². The molecule has 1 aliphatic carbocycles. The van der Waals surface area contributed by atoms with E-state index in [9.17, 15) is 4.79 Å². The van der Waals surface area contributed by atoms with Crippen molar-refractivity contribution in [1.82, 2.24) is 5.32 Å². The molecule has 0 bridgehead atoms. The summed E-state index contributed by atoms with van der Waals surface area (Å²) >= 11 is 0. The van der Waals surface area contributed by atoms with Crippen LogP contribution in [0.1, 0.15) is 43.7 Å². The summed E-state index contributed by atoms with van der Waals surface area (Å²) in [6.07, 6.45) is 3.77. The van der Waals surface area contributed by atoms with Crippen molar-refractivity contribution < 1.29 is 9.53 Å². The summed E-state index contributed by atoms with van der Waals surface area (Å²) in [5.74, 6) is 0.505. The smallest absolute Gasteiger partial charge is 0.240 e. The predicted octanol–water partition coefficient (Wildman–Crippen LogP) is 2.36. The van der Waals surface area contributed by atoms with Gasteiger partial charge in [0.15, 0.2) is 0 Å². The highest BCUT2D eigenvalue weighted by Gasteiger charge is 2.37. The quantitative estimate of drug-likeness (QED) is 0.875. The molecule has 2 atom stereocenters. The highest BCUT2D eigenvalue weighted by atomic mass is 16.5. The van der Waals surface area contributed by atoms with Gasteiger partial charge in [-0.2, -0.15) is 0 Å². The highest BCUT2D eigenvalue weighted by Crippen LogP contribution is 2.30. The van der Waals surface area contributed by atoms with E-state index in [1.165, 1.54) is 6.42 Å². The van der Waals surface area contributed by atoms with Gasteiger partial charge in [0, 0.05) is 13.7 Å². The van der Waals surface area contributed by atoms with E-state index in [-0.39, 0.29) is 5.91 Å². The van der Waals surface area contributed by atoms with E-state index in [1.807, 2.05) is 18.2 Å². The molecule has 1 aromatic rings. The second-order valence-electron chi connectivity index (χ2n) is 6.29. The van der Waals surface area contributed by atoms with Crippen molar-refractivity contribution in [2.45, 2.75) is 51.3 Å². The van der Waals surface area contributed by atoms with Crippen LogP contribution < -0.4 is 11.1 Å². The summed E-state index contributed by atoms with van der Waals surface area (Å²) in [6.45, 7) is 3.27. The molecule has 0 radical (unpaired) electrons. The third-order valence-corrected chi connectivity index (χ3v) is 4.24. The molecule has 0 spiro atoms. The summed E-state index contributed by atoms with van der Waals surface area (Å²) < 4.78 is 5.12. The van der Waals surface area contributed by atoms with Crippen LogP contribution in [0.15, 0.2) is 24.3 Å². The standard InChI is InChI=1S/C17H26N2O2/c1-13-5-4-8-17(18,10-13)16(20)19-11-14-6-3-7-15(9-14)12-21-2/h3,6-7,9,13H,4-5,8,10-12,18H2,1-2H3,(H,19,20). The Morgan fingerprint density at radius 1 is 1.48 bits per heavy atom. The van der Waals surface area contributed by atoms with Crippen LogP contribution in [-0.4, -0.2) is 18.6 Å². The van der Waals surface area contributed by atoms with Gasteiger partial charge in [-0.1, -0.05) is 44.0 Å². The summed E-state index contributed by atoms with van der Waals surface area (Å²) in [5.41, 5.74) is 7.79. The summed E-state index contributed by atoms with van der Waals surface area (Å²) in [5, 5.41) is 2.99. The molecule has 2 unspecified atom stereocenters. The van der Waals surface area contributed by atoms with Crippen LogP contribution in [0, 0.1) is 5.92 Å². The largest absolute Gasteiger partial charge is 0.380 e. The van der Waals surface area contributed by atoms with Gasteiger partial charge in [-0.15, -0.1) is 0 Å². The van der Waals surface area contributed by atoms with Crippen LogP contribution in [0.25, 0.3) is 0 Å². The minimum atomic E-state index is -0.693. The second kappa shape index (κ2) is 7.05. The monoisotopic (exact) mass is 290 g/mol. The van der Waals surface area contributed by atoms with Gasteiger partial charge < -0.3 is 15.8 Å². The molecule has 4 heteroatoms. The lowest BCUT2D eigenvalue weighted by molar-refractivity contribution is -0.128. The Balaban J connectivity index is 1.93. The molecule has 0 aliphatic heterocycles. The number of hydrogen-bond donors (Lipinski definition) is 2. The first-order valence-corrected chi connectivity index (χ1v) is 7.67. The van der Waals surface area contributed by atoms with Crippen molar-refractivity contribution in [3.05, 3.63) is 35.4 Å². The molecule has 0 saturated heterocycles. The van der Waals surface area contributed by atoms with Crippen LogP contribution in [0.4, 0.5) is 0 Å². The number of carbonyl (C=O) groups is 1. The number of methoxy groups -OCH3 is 1. The summed E-state index contributed by atoms with van der Waals surface area (Å²) in [7, 11) is 1.68. The van der Waals surface area contributed by atoms with E-state index in [0.29, 0.717) is 19.1 Å². The average molecular weight is 290 g/mol. The third-order valence-electron chi connectivity index (χ3n) is 4.24. The normalized spacial score (nSPS) is 25.6. The van der Waals surface area contributed by atoms with E-state index in [4.69, 9.17) is 10.5 Å². The minimum Gasteiger partial charge on any atom is -0.380 e. The zero-order valence-corrected chi connectivity index (χ0v) is 13.0. The first-order chi connectivity index (χ1) is 10.0. The van der Waals surface area contributed by atoms with Crippen LogP contribution in [-0.2, 0) is 22.7 Å². The van der Waals surface area contributed by atoms with E-state index >= 15 is 0 Å². The number of nitrogens with one attached hydrogen (secondary N) is 1. The Kier molecular flexibility index (Phi) is 5.37. The van der Waals surface area contributed by atoms with Crippen molar-refractivity contribution in [1.29, 1.82) is 0 Å². The zero-order valence-electron chi connectivity index (χ0n) is 13.0. The van der Waals surface area contributed by atoms with Gasteiger partial charge in [0.2, 0.25) is 5.91 Å². The fourth-order valence-corrected chi connectivity index (χ4v) is 3.15. The van der Waals surface area contributed by atoms with Gasteiger partial charge in [-0.3, -0.25) is 4.79 Å². The number of benzene rings is 1. The maximum absolute atomic E-state index is 12.4. The van der Waals surface area contributed by atoms with E-state index in [2.05, 4.69) is 18.3 Å². The molecule has 116 valence electrons. The number of ether oxygens (including phenoxy) is 1. The van der Waals surface area contributed by atoms with Crippen molar-refractivity contribution in [3.63, 3.8) is 0 Å². The van der Waals surface area contributed by atoms with Gasteiger partial charge >= 0.3 is 0 Å². The molecule has 1 aliphatic rings. The molecule has 1 fully saturated rings. The van der Waals surface area contributed by atoms with Crippen molar-refractivity contribution in [2.24, 2.45) is 11.7 Å². The maximum atomic E-state index is 12.4. The first kappa shape index (κ1) is 16.0. The highest BCUT2D eigenvalue weighted by molar-refractivity contribution is 5.86. The minimum absolute atomic E-state index is 0.0220. The lowest BCUT2D eigenvalue weighted by Crippen LogP contribution is -2.56. The van der Waals surface area contributed by atoms with Gasteiger partial charge in [0.05, 0.1) is 12.1 Å². The molecule has 3 N–H and O–H groups in total. The van der Waals surface area contributed by atoms with Gasteiger partial charge in [-0.25, -0.2) is 0 Å². The molecule has 21 heavy (non-hydrogen) atoms. The number of carbonyl (C=O) groups excluding carboxylic acids is 1. The number of hydrogen-bond acceptors (Lipinski definition) is 3. The number of rotatable bonds is 5. The molecule has 1 aromatic carbocycles. The zero-order chi connectivity index (χ0) is 15.3. The Morgan fingerprint density at radius 3 is 2.95 bits per heavy atom. The van der Waals surface area contributed by atoms with Crippen molar-refractivity contribution in [2.75, 3.05) is 7.11 Å². The fourth-order valence-electron chi connectivity index (χ4n) is 3.15. The molecule has 1 amide bonds. The van der Waals surface area contributed by atoms with Gasteiger partial charge in [0.1, 0.15) is 0 Å². The Hall–Kier alpha value is -1.39. The topological polar surface area (TPSA) is 64.3 Å². The summed E-state index contributed by atoms with van der Waals surface area (Å²) in [4.78, 5) is 12.4. The molecular weight excluding hydrogens is 264 g/mol. The Bertz CT molecular complexity index is 489. The molecule has 2 rings (SSSR count). The van der Waals surface area contributed by atoms with Crippen molar-refractivity contribution in [3.8, 4) is 0 Å². The average Bonchev–Trinajstić information content (AvgIpc) is 2.45. The van der Waals surface area contributed by atoms with Crippen LogP contribution in [0.5, 0.6) is 0 Å². The maximum Gasteiger partial charge on any atom is 0.240 e. The Morgan fingerprint density at radius 2 is 2.24 bits per heavy atom. The molecule has 4 nitrogen and oxygen atoms in total. The molecule has 0 aromatic heterocycles. The molecule has 0 heterocycles. The molecule has 1 saturated carbocycles. The van der Waals surface area contributed by atoms with Crippen LogP contribution in [0.3, 0.4) is 0 Å². The SMILES string of the molecule is COCc1cccc(CNC(=O)C2(N)CCCC(C)C2)c1. The van der Waals surface area contributed by atoms with Crippen LogP contribution >= 0.6 is 0 Å². The lowest BCUT2D eigenvalue weighted by Gasteiger charge is -2.35. The molecular formula is C17H26N2O2. The number of nitrogens with two attached hydrogens (primary N) is 1. The van der Waals surface area contributed by atoms with E-state index < -0.39 is 5.54 Å². The second-order valence-corrected chi connectivity index (χ2v) is 6.29. The number of amides is 1. The third kappa shape index (κ3) is 4.29. The van der Waals surface area contributed by atoms with E-state index in [1.54, 1.807) is 7.11 Å². The predicted molar refractivity (Wildman–Crippen MR) is 83.6 cm³/mol. The van der Waals surface area contributed by atoms with Gasteiger partial charge in [0.25, 0.3) is 0 Å².